The second-order valence-corrected chi connectivity index (χ2v) is 5.98. The Balaban J connectivity index is 1.53. The van der Waals surface area contributed by atoms with E-state index in [0.29, 0.717) is 12.1 Å². The summed E-state index contributed by atoms with van der Waals surface area (Å²) in [5.74, 6) is 2.22. The summed E-state index contributed by atoms with van der Waals surface area (Å²) in [6.45, 7) is 8.09. The fourth-order valence-corrected chi connectivity index (χ4v) is 3.26. The number of morpholine rings is 1. The molecule has 3 unspecified atom stereocenters. The van der Waals surface area contributed by atoms with E-state index in [0.717, 1.165) is 50.8 Å². The van der Waals surface area contributed by atoms with Gasteiger partial charge in [-0.1, -0.05) is 0 Å². The molecule has 20 heavy (non-hydrogen) atoms. The Kier molecular flexibility index (Phi) is 4.33. The monoisotopic (exact) mass is 279 g/mol. The van der Waals surface area contributed by atoms with Crippen LogP contribution in [0.25, 0.3) is 0 Å². The zero-order valence-electron chi connectivity index (χ0n) is 12.4. The first-order valence-electron chi connectivity index (χ1n) is 7.73. The van der Waals surface area contributed by atoms with E-state index in [1.807, 2.05) is 0 Å². The second kappa shape index (κ2) is 6.20. The number of aryl methyl sites for hydroxylation is 1. The van der Waals surface area contributed by atoms with Crippen molar-refractivity contribution < 1.29 is 4.74 Å². The van der Waals surface area contributed by atoms with Crippen LogP contribution in [-0.4, -0.2) is 46.6 Å². The molecule has 0 spiro atoms. The van der Waals surface area contributed by atoms with Gasteiger partial charge in [-0.25, -0.2) is 0 Å². The molecule has 0 aliphatic carbocycles. The van der Waals surface area contributed by atoms with Crippen LogP contribution in [0.2, 0.25) is 0 Å². The molecular formula is C14H25N5O. The van der Waals surface area contributed by atoms with Crippen LogP contribution < -0.4 is 10.6 Å². The van der Waals surface area contributed by atoms with Gasteiger partial charge in [-0.2, -0.15) is 0 Å². The highest BCUT2D eigenvalue weighted by atomic mass is 16.5. The summed E-state index contributed by atoms with van der Waals surface area (Å²) in [4.78, 5) is 0. The van der Waals surface area contributed by atoms with Crippen molar-refractivity contribution in [3.63, 3.8) is 0 Å². The van der Waals surface area contributed by atoms with Crippen LogP contribution in [-0.2, 0) is 17.7 Å². The number of aromatic nitrogens is 3. The van der Waals surface area contributed by atoms with Crippen LogP contribution >= 0.6 is 0 Å². The van der Waals surface area contributed by atoms with Gasteiger partial charge in [-0.05, 0) is 26.7 Å². The molecule has 2 N–H and O–H groups in total. The van der Waals surface area contributed by atoms with Crippen molar-refractivity contribution in [3.8, 4) is 0 Å². The third kappa shape index (κ3) is 3.02. The summed E-state index contributed by atoms with van der Waals surface area (Å²) >= 11 is 0. The fraction of sp³-hybridized carbons (Fsp3) is 0.857. The lowest BCUT2D eigenvalue weighted by Gasteiger charge is -2.28. The molecule has 0 amide bonds. The van der Waals surface area contributed by atoms with E-state index in [2.05, 4.69) is 39.2 Å². The zero-order valence-corrected chi connectivity index (χ0v) is 12.4. The normalized spacial score (nSPS) is 25.4. The molecule has 0 aromatic carbocycles. The van der Waals surface area contributed by atoms with Gasteiger partial charge in [0.2, 0.25) is 0 Å². The second-order valence-electron chi connectivity index (χ2n) is 5.98. The highest BCUT2D eigenvalue weighted by molar-refractivity contribution is 5.04. The van der Waals surface area contributed by atoms with E-state index in [1.165, 1.54) is 6.42 Å². The molecule has 2 aliphatic heterocycles. The number of fused-ring (bicyclic) bond motifs is 1. The number of nitrogens with one attached hydrogen (secondary N) is 2. The van der Waals surface area contributed by atoms with Crippen molar-refractivity contribution in [2.45, 2.75) is 57.8 Å². The van der Waals surface area contributed by atoms with Gasteiger partial charge >= 0.3 is 0 Å². The minimum absolute atomic E-state index is 0.244. The van der Waals surface area contributed by atoms with Crippen molar-refractivity contribution in [2.75, 3.05) is 19.8 Å². The van der Waals surface area contributed by atoms with Gasteiger partial charge < -0.3 is 19.9 Å². The molecule has 0 bridgehead atoms. The van der Waals surface area contributed by atoms with E-state index >= 15 is 0 Å². The Hall–Kier alpha value is -0.980. The first-order valence-corrected chi connectivity index (χ1v) is 7.73. The SMILES string of the molecule is CC(CC1COCCN1)NC(C)c1nnc2n1CCC2. The molecule has 1 fully saturated rings. The van der Waals surface area contributed by atoms with Gasteiger partial charge in [0.15, 0.2) is 0 Å². The van der Waals surface area contributed by atoms with Gasteiger partial charge in [0.25, 0.3) is 0 Å². The standard InChI is InChI=1S/C14H25N5O/c1-10(8-12-9-20-7-5-15-12)16-11(2)14-18-17-13-4-3-6-19(13)14/h10-12,15-16H,3-9H2,1-2H3. The van der Waals surface area contributed by atoms with E-state index in [1.54, 1.807) is 0 Å². The molecule has 0 saturated carbocycles. The predicted molar refractivity (Wildman–Crippen MR) is 76.6 cm³/mol. The van der Waals surface area contributed by atoms with E-state index in [4.69, 9.17) is 4.74 Å². The number of nitrogens with zero attached hydrogens (tertiary/aromatic N) is 3. The maximum atomic E-state index is 5.50. The number of rotatable bonds is 5. The van der Waals surface area contributed by atoms with Gasteiger partial charge in [0.1, 0.15) is 11.6 Å². The smallest absolute Gasteiger partial charge is 0.149 e. The Bertz CT molecular complexity index is 441. The Morgan fingerprint density at radius 2 is 2.35 bits per heavy atom. The fourth-order valence-electron chi connectivity index (χ4n) is 3.26. The summed E-state index contributed by atoms with van der Waals surface area (Å²) in [5, 5.41) is 15.8. The average molecular weight is 279 g/mol. The first-order chi connectivity index (χ1) is 9.74. The minimum atomic E-state index is 0.244. The molecule has 2 aliphatic rings. The Morgan fingerprint density at radius 1 is 1.45 bits per heavy atom. The van der Waals surface area contributed by atoms with E-state index in [9.17, 15) is 0 Å². The van der Waals surface area contributed by atoms with Crippen LogP contribution in [0.1, 0.15) is 44.4 Å². The lowest BCUT2D eigenvalue weighted by atomic mass is 10.1. The lowest BCUT2D eigenvalue weighted by molar-refractivity contribution is 0.0708. The first kappa shape index (κ1) is 14.0. The Morgan fingerprint density at radius 3 is 3.15 bits per heavy atom. The van der Waals surface area contributed by atoms with Gasteiger partial charge in [0, 0.05) is 31.6 Å². The molecule has 1 aromatic heterocycles. The molecule has 6 nitrogen and oxygen atoms in total. The number of hydrogen-bond acceptors (Lipinski definition) is 5. The van der Waals surface area contributed by atoms with Crippen molar-refractivity contribution in [1.29, 1.82) is 0 Å². The van der Waals surface area contributed by atoms with Gasteiger partial charge in [-0.3, -0.25) is 0 Å². The predicted octanol–water partition coefficient (Wildman–Crippen LogP) is 0.642. The highest BCUT2D eigenvalue weighted by Crippen LogP contribution is 2.19. The molecule has 1 saturated heterocycles. The van der Waals surface area contributed by atoms with Crippen LogP contribution in [0.4, 0.5) is 0 Å². The van der Waals surface area contributed by atoms with Crippen molar-refractivity contribution in [3.05, 3.63) is 11.6 Å². The lowest BCUT2D eigenvalue weighted by Crippen LogP contribution is -2.45. The summed E-state index contributed by atoms with van der Waals surface area (Å²) in [6, 6.07) is 1.13. The summed E-state index contributed by atoms with van der Waals surface area (Å²) in [7, 11) is 0. The van der Waals surface area contributed by atoms with Gasteiger partial charge in [0.05, 0.1) is 19.3 Å². The molecular weight excluding hydrogens is 254 g/mol. The largest absolute Gasteiger partial charge is 0.379 e. The molecule has 3 atom stereocenters. The third-order valence-electron chi connectivity index (χ3n) is 4.20. The summed E-state index contributed by atoms with van der Waals surface area (Å²) in [6.07, 6.45) is 3.34. The third-order valence-corrected chi connectivity index (χ3v) is 4.20. The molecule has 1 aromatic rings. The average Bonchev–Trinajstić information content (AvgIpc) is 3.01. The molecule has 6 heteroatoms. The van der Waals surface area contributed by atoms with Crippen LogP contribution in [0.3, 0.4) is 0 Å². The summed E-state index contributed by atoms with van der Waals surface area (Å²) < 4.78 is 7.77. The van der Waals surface area contributed by atoms with E-state index < -0.39 is 0 Å². The maximum Gasteiger partial charge on any atom is 0.149 e. The topological polar surface area (TPSA) is 64.0 Å². The van der Waals surface area contributed by atoms with Crippen LogP contribution in [0.15, 0.2) is 0 Å². The van der Waals surface area contributed by atoms with E-state index in [-0.39, 0.29) is 6.04 Å². The zero-order chi connectivity index (χ0) is 13.9. The van der Waals surface area contributed by atoms with Crippen molar-refractivity contribution in [1.82, 2.24) is 25.4 Å². The maximum absolute atomic E-state index is 5.50. The summed E-state index contributed by atoms with van der Waals surface area (Å²) in [5.41, 5.74) is 0. The Labute approximate surface area is 120 Å². The van der Waals surface area contributed by atoms with Crippen LogP contribution in [0, 0.1) is 0 Å². The minimum Gasteiger partial charge on any atom is -0.379 e. The molecule has 112 valence electrons. The van der Waals surface area contributed by atoms with Gasteiger partial charge in [-0.15, -0.1) is 10.2 Å². The van der Waals surface area contributed by atoms with Crippen molar-refractivity contribution in [2.24, 2.45) is 0 Å². The molecule has 3 rings (SSSR count). The van der Waals surface area contributed by atoms with Crippen LogP contribution in [0.5, 0.6) is 0 Å². The van der Waals surface area contributed by atoms with Crippen molar-refractivity contribution >= 4 is 0 Å². The number of ether oxygens (including phenoxy) is 1. The molecule has 3 heterocycles. The molecule has 0 radical (unpaired) electrons. The highest BCUT2D eigenvalue weighted by Gasteiger charge is 2.23. The quantitative estimate of drug-likeness (QED) is 0.828. The number of hydrogen-bond donors (Lipinski definition) is 2.